The number of amides is 2. The molecule has 0 radical (unpaired) electrons. The third kappa shape index (κ3) is 3.84. The second kappa shape index (κ2) is 7.70. The number of aromatic nitrogens is 5. The van der Waals surface area contributed by atoms with Crippen molar-refractivity contribution in [3.8, 4) is 5.88 Å². The second-order valence-corrected chi connectivity index (χ2v) is 7.14. The number of nitrogens with one attached hydrogen (secondary N) is 1. The van der Waals surface area contributed by atoms with Crippen LogP contribution in [0.2, 0.25) is 0 Å². The summed E-state index contributed by atoms with van der Waals surface area (Å²) in [5.41, 5.74) is -4.74. The number of hydrogen-bond acceptors (Lipinski definition) is 6. The number of carbonyl (C=O) groups is 1. The number of ether oxygens (including phenoxy) is 1. The summed E-state index contributed by atoms with van der Waals surface area (Å²) in [4.78, 5) is 17.3. The van der Waals surface area contributed by atoms with Crippen LogP contribution in [0.3, 0.4) is 0 Å². The van der Waals surface area contributed by atoms with Gasteiger partial charge in [0.1, 0.15) is 11.1 Å². The van der Waals surface area contributed by atoms with Crippen molar-refractivity contribution in [1.82, 2.24) is 24.8 Å². The molecule has 4 rings (SSSR count). The number of anilines is 2. The monoisotopic (exact) mass is 479 g/mol. The third-order valence-electron chi connectivity index (χ3n) is 4.96. The highest BCUT2D eigenvalue weighted by atomic mass is 19.4. The van der Waals surface area contributed by atoms with Crippen molar-refractivity contribution >= 4 is 23.1 Å². The standard InChI is InChI=1S/C17H12F7N7O2/c1-16(17(22,23)24)6-30(15(32)27-7-2-8(13(18)19)28-26-4-7)9-5-25-10-3-11(33-14(20)21)29-31(10)12(9)16/h2-5,13-14H,6H2,1H3,(H,27,28,32). The Labute approximate surface area is 179 Å². The molecular weight excluding hydrogens is 467 g/mol. The van der Waals surface area contributed by atoms with Gasteiger partial charge in [0.05, 0.1) is 29.5 Å². The van der Waals surface area contributed by atoms with E-state index in [0.29, 0.717) is 9.42 Å². The van der Waals surface area contributed by atoms with E-state index >= 15 is 0 Å². The lowest BCUT2D eigenvalue weighted by Crippen LogP contribution is -2.46. The number of nitrogens with zero attached hydrogens (tertiary/aromatic N) is 6. The first-order valence-corrected chi connectivity index (χ1v) is 9.01. The maximum absolute atomic E-state index is 14.1. The topological polar surface area (TPSA) is 97.5 Å². The van der Waals surface area contributed by atoms with Gasteiger partial charge in [-0.3, -0.25) is 4.90 Å². The van der Waals surface area contributed by atoms with Crippen molar-refractivity contribution < 1.29 is 40.3 Å². The zero-order valence-electron chi connectivity index (χ0n) is 16.3. The highest BCUT2D eigenvalue weighted by Crippen LogP contribution is 2.50. The van der Waals surface area contributed by atoms with E-state index in [1.54, 1.807) is 0 Å². The van der Waals surface area contributed by atoms with Crippen LogP contribution in [-0.2, 0) is 5.41 Å². The van der Waals surface area contributed by atoms with Crippen LogP contribution in [0.5, 0.6) is 5.88 Å². The van der Waals surface area contributed by atoms with E-state index in [1.165, 1.54) is 0 Å². The molecule has 4 heterocycles. The molecule has 1 atom stereocenters. The molecule has 3 aromatic heterocycles. The van der Waals surface area contributed by atoms with E-state index in [4.69, 9.17) is 0 Å². The Bertz CT molecular complexity index is 1220. The highest BCUT2D eigenvalue weighted by molar-refractivity contribution is 6.03. The third-order valence-corrected chi connectivity index (χ3v) is 4.96. The molecule has 0 aromatic carbocycles. The molecule has 0 bridgehead atoms. The molecule has 33 heavy (non-hydrogen) atoms. The summed E-state index contributed by atoms with van der Waals surface area (Å²) in [6.45, 7) is -3.40. The SMILES string of the molecule is CC1(C(F)(F)F)CN(C(=O)Nc2cnnc(C(F)F)c2)c2cnc3cc(OC(F)F)nn3c21. The van der Waals surface area contributed by atoms with Crippen LogP contribution in [0.1, 0.15) is 24.7 Å². The summed E-state index contributed by atoms with van der Waals surface area (Å²) in [6, 6.07) is 0.633. The fraction of sp³-hybridized carbons (Fsp3) is 0.353. The van der Waals surface area contributed by atoms with Crippen LogP contribution in [0.4, 0.5) is 46.9 Å². The maximum atomic E-state index is 14.1. The highest BCUT2D eigenvalue weighted by Gasteiger charge is 2.60. The van der Waals surface area contributed by atoms with Gasteiger partial charge in [-0.15, -0.1) is 10.2 Å². The molecule has 3 aromatic rings. The smallest absolute Gasteiger partial charge is 0.401 e. The predicted molar refractivity (Wildman–Crippen MR) is 96.4 cm³/mol. The maximum Gasteiger partial charge on any atom is 0.401 e. The molecule has 176 valence electrons. The van der Waals surface area contributed by atoms with Crippen molar-refractivity contribution in [2.45, 2.75) is 31.6 Å². The van der Waals surface area contributed by atoms with E-state index in [-0.39, 0.29) is 17.0 Å². The predicted octanol–water partition coefficient (Wildman–Crippen LogP) is 3.93. The summed E-state index contributed by atoms with van der Waals surface area (Å²) < 4.78 is 97.8. The Hall–Kier alpha value is -3.72. The van der Waals surface area contributed by atoms with Crippen LogP contribution in [0, 0.1) is 0 Å². The summed E-state index contributed by atoms with van der Waals surface area (Å²) >= 11 is 0. The number of alkyl halides is 7. The lowest BCUT2D eigenvalue weighted by molar-refractivity contribution is -0.181. The quantitative estimate of drug-likeness (QED) is 0.570. The Morgan fingerprint density at radius 1 is 1.21 bits per heavy atom. The molecule has 0 aliphatic carbocycles. The van der Waals surface area contributed by atoms with Gasteiger partial charge in [-0.25, -0.2) is 23.1 Å². The molecule has 1 N–H and O–H groups in total. The zero-order chi connectivity index (χ0) is 24.1. The van der Waals surface area contributed by atoms with Crippen molar-refractivity contribution in [3.63, 3.8) is 0 Å². The molecule has 0 saturated carbocycles. The van der Waals surface area contributed by atoms with Gasteiger partial charge in [-0.05, 0) is 13.0 Å². The van der Waals surface area contributed by atoms with E-state index in [0.717, 1.165) is 31.5 Å². The molecule has 0 saturated heterocycles. The molecule has 1 aliphatic heterocycles. The van der Waals surface area contributed by atoms with Crippen LogP contribution < -0.4 is 15.0 Å². The molecule has 2 amide bonds. The average Bonchev–Trinajstić information content (AvgIpc) is 3.25. The summed E-state index contributed by atoms with van der Waals surface area (Å²) in [5, 5.41) is 12.3. The largest absolute Gasteiger partial charge is 0.415 e. The minimum atomic E-state index is -4.90. The number of halogens is 7. The minimum Gasteiger partial charge on any atom is -0.415 e. The molecule has 1 unspecified atom stereocenters. The summed E-state index contributed by atoms with van der Waals surface area (Å²) in [5.74, 6) is -0.666. The Kier molecular flexibility index (Phi) is 5.24. The van der Waals surface area contributed by atoms with E-state index < -0.39 is 54.5 Å². The van der Waals surface area contributed by atoms with E-state index in [1.807, 2.05) is 0 Å². The molecule has 1 aliphatic rings. The fourth-order valence-corrected chi connectivity index (χ4v) is 3.40. The van der Waals surface area contributed by atoms with Crippen molar-refractivity contribution in [1.29, 1.82) is 0 Å². The van der Waals surface area contributed by atoms with Crippen molar-refractivity contribution in [3.05, 3.63) is 35.9 Å². The van der Waals surface area contributed by atoms with Gasteiger partial charge in [0, 0.05) is 12.6 Å². The van der Waals surface area contributed by atoms with Gasteiger partial charge in [-0.2, -0.15) is 27.1 Å². The minimum absolute atomic E-state index is 0.220. The number of rotatable bonds is 4. The van der Waals surface area contributed by atoms with Crippen LogP contribution in [0.15, 0.2) is 24.5 Å². The number of fused-ring (bicyclic) bond motifs is 3. The van der Waals surface area contributed by atoms with Crippen molar-refractivity contribution in [2.24, 2.45) is 0 Å². The molecule has 0 spiro atoms. The fourth-order valence-electron chi connectivity index (χ4n) is 3.40. The molecule has 0 fully saturated rings. The lowest BCUT2D eigenvalue weighted by Gasteiger charge is -2.28. The Morgan fingerprint density at radius 2 is 1.94 bits per heavy atom. The van der Waals surface area contributed by atoms with Crippen LogP contribution >= 0.6 is 0 Å². The van der Waals surface area contributed by atoms with Crippen LogP contribution in [-0.4, -0.2) is 50.2 Å². The van der Waals surface area contributed by atoms with Gasteiger partial charge in [0.25, 0.3) is 6.43 Å². The second-order valence-electron chi connectivity index (χ2n) is 7.14. The van der Waals surface area contributed by atoms with Gasteiger partial charge in [-0.1, -0.05) is 0 Å². The number of carbonyl (C=O) groups excluding carboxylic acids is 1. The van der Waals surface area contributed by atoms with E-state index in [2.05, 4.69) is 30.3 Å². The number of hydrogen-bond donors (Lipinski definition) is 1. The first-order chi connectivity index (χ1) is 15.4. The first kappa shape index (κ1) is 22.5. The Morgan fingerprint density at radius 3 is 2.58 bits per heavy atom. The molecular formula is C17H12F7N7O2. The first-order valence-electron chi connectivity index (χ1n) is 9.01. The average molecular weight is 479 g/mol. The zero-order valence-corrected chi connectivity index (χ0v) is 16.3. The van der Waals surface area contributed by atoms with Gasteiger partial charge in [0.15, 0.2) is 5.65 Å². The summed E-state index contributed by atoms with van der Waals surface area (Å²) in [6.07, 6.45) is -6.00. The van der Waals surface area contributed by atoms with Gasteiger partial charge < -0.3 is 10.1 Å². The normalized spacial score (nSPS) is 18.3. The summed E-state index contributed by atoms with van der Waals surface area (Å²) in [7, 11) is 0. The Balaban J connectivity index is 1.77. The lowest BCUT2D eigenvalue weighted by atomic mass is 9.88. The van der Waals surface area contributed by atoms with E-state index in [9.17, 15) is 35.5 Å². The number of urea groups is 1. The van der Waals surface area contributed by atoms with Crippen molar-refractivity contribution in [2.75, 3.05) is 16.8 Å². The molecule has 9 nitrogen and oxygen atoms in total. The van der Waals surface area contributed by atoms with Gasteiger partial charge >= 0.3 is 18.8 Å². The van der Waals surface area contributed by atoms with Gasteiger partial charge in [0.2, 0.25) is 5.88 Å². The molecule has 16 heteroatoms. The van der Waals surface area contributed by atoms with Crippen LogP contribution in [0.25, 0.3) is 5.65 Å².